The molecular weight excluding hydrogens is 179 g/mol. The Kier molecular flexibility index (Phi) is 4.99. The first-order valence-corrected chi connectivity index (χ1v) is 3.62. The van der Waals surface area contributed by atoms with Gasteiger partial charge in [-0.15, -0.1) is 0 Å². The molecule has 1 aromatic carbocycles. The minimum atomic E-state index is -1.11. The van der Waals surface area contributed by atoms with Crippen molar-refractivity contribution < 1.29 is 19.4 Å². The second-order valence-corrected chi connectivity index (χ2v) is 2.39. The zero-order valence-corrected chi connectivity index (χ0v) is 7.98. The van der Waals surface area contributed by atoms with Crippen LogP contribution < -0.4 is 4.74 Å². The maximum Gasteiger partial charge on any atom is 0.339 e. The fraction of sp³-hybridized carbons (Fsp3) is 0.111. The number of esters is 1. The van der Waals surface area contributed by atoms with Gasteiger partial charge in [-0.25, -0.2) is 4.79 Å². The van der Waals surface area contributed by atoms with Crippen molar-refractivity contribution in [2.75, 3.05) is 0 Å². The maximum absolute atomic E-state index is 10.6. The molecular formula is C9H8LiO4. The Labute approximate surface area is 93.1 Å². The molecule has 0 aromatic heterocycles. The summed E-state index contributed by atoms with van der Waals surface area (Å²) < 4.78 is 4.69. The number of hydrogen-bond acceptors (Lipinski definition) is 3. The average Bonchev–Trinajstić information content (AvgIpc) is 2.03. The van der Waals surface area contributed by atoms with E-state index in [0.717, 1.165) is 0 Å². The summed E-state index contributed by atoms with van der Waals surface area (Å²) in [6.45, 7) is 1.22. The Morgan fingerprint density at radius 2 is 1.86 bits per heavy atom. The van der Waals surface area contributed by atoms with Gasteiger partial charge < -0.3 is 9.84 Å². The van der Waals surface area contributed by atoms with Crippen LogP contribution in [0.2, 0.25) is 0 Å². The van der Waals surface area contributed by atoms with Crippen LogP contribution in [0.25, 0.3) is 0 Å². The van der Waals surface area contributed by atoms with E-state index < -0.39 is 11.9 Å². The summed E-state index contributed by atoms with van der Waals surface area (Å²) in [5.74, 6) is -1.58. The molecule has 0 unspecified atom stereocenters. The van der Waals surface area contributed by atoms with E-state index in [1.807, 2.05) is 0 Å². The molecule has 1 rings (SSSR count). The molecule has 0 aliphatic carbocycles. The SMILES string of the molecule is CC(=O)Oc1ccccc1C(=O)O.[Li]. The van der Waals surface area contributed by atoms with Crippen LogP contribution in [-0.2, 0) is 4.79 Å². The maximum atomic E-state index is 10.6. The van der Waals surface area contributed by atoms with Crippen molar-refractivity contribution in [3.63, 3.8) is 0 Å². The van der Waals surface area contributed by atoms with Gasteiger partial charge in [0.15, 0.2) is 0 Å². The van der Waals surface area contributed by atoms with E-state index in [1.165, 1.54) is 19.1 Å². The van der Waals surface area contributed by atoms with Crippen LogP contribution in [0.3, 0.4) is 0 Å². The van der Waals surface area contributed by atoms with Crippen LogP contribution in [0.4, 0.5) is 0 Å². The summed E-state index contributed by atoms with van der Waals surface area (Å²) in [4.78, 5) is 21.2. The summed E-state index contributed by atoms with van der Waals surface area (Å²) >= 11 is 0. The Bertz CT molecular complexity index is 348. The molecule has 1 N–H and O–H groups in total. The zero-order valence-electron chi connectivity index (χ0n) is 7.98. The van der Waals surface area contributed by atoms with Crippen molar-refractivity contribution in [3.05, 3.63) is 29.8 Å². The van der Waals surface area contributed by atoms with Gasteiger partial charge >= 0.3 is 11.9 Å². The largest absolute Gasteiger partial charge is 0.478 e. The van der Waals surface area contributed by atoms with E-state index in [-0.39, 0.29) is 30.2 Å². The number of carboxylic acids is 1. The fourth-order valence-electron chi connectivity index (χ4n) is 0.887. The molecule has 0 fully saturated rings. The van der Waals surface area contributed by atoms with Crippen LogP contribution in [0, 0.1) is 0 Å². The molecule has 0 atom stereocenters. The van der Waals surface area contributed by atoms with Gasteiger partial charge in [0.2, 0.25) is 0 Å². The standard InChI is InChI=1S/C9H8O4.Li/c1-6(10)13-8-5-3-2-4-7(8)9(11)12;/h2-5H,1H3,(H,11,12);. The molecule has 0 bridgehead atoms. The first-order valence-electron chi connectivity index (χ1n) is 3.62. The van der Waals surface area contributed by atoms with Gasteiger partial charge in [0.1, 0.15) is 11.3 Å². The molecule has 0 aliphatic heterocycles. The van der Waals surface area contributed by atoms with E-state index in [1.54, 1.807) is 12.1 Å². The quantitative estimate of drug-likeness (QED) is 0.425. The number of carbonyl (C=O) groups excluding carboxylic acids is 1. The predicted molar refractivity (Wildman–Crippen MR) is 50.5 cm³/mol. The van der Waals surface area contributed by atoms with Crippen molar-refractivity contribution in [2.45, 2.75) is 6.92 Å². The molecule has 14 heavy (non-hydrogen) atoms. The summed E-state index contributed by atoms with van der Waals surface area (Å²) in [5, 5.41) is 8.69. The molecule has 1 aromatic rings. The molecule has 5 heteroatoms. The average molecular weight is 187 g/mol. The Morgan fingerprint density at radius 1 is 1.29 bits per heavy atom. The number of aromatic carboxylic acids is 1. The Morgan fingerprint density at radius 3 is 2.36 bits per heavy atom. The van der Waals surface area contributed by atoms with Gasteiger partial charge in [-0.1, -0.05) is 12.1 Å². The molecule has 0 heterocycles. The van der Waals surface area contributed by atoms with E-state index in [9.17, 15) is 9.59 Å². The van der Waals surface area contributed by atoms with Crippen molar-refractivity contribution >= 4 is 30.8 Å². The Balaban J connectivity index is 0.00000169. The van der Waals surface area contributed by atoms with Gasteiger partial charge in [0, 0.05) is 25.8 Å². The summed E-state index contributed by atoms with van der Waals surface area (Å²) in [5.41, 5.74) is -0.0160. The third-order valence-electron chi connectivity index (χ3n) is 1.37. The third-order valence-corrected chi connectivity index (χ3v) is 1.37. The molecule has 4 nitrogen and oxygen atoms in total. The van der Waals surface area contributed by atoms with Gasteiger partial charge in [-0.2, -0.15) is 0 Å². The fourth-order valence-corrected chi connectivity index (χ4v) is 0.887. The predicted octanol–water partition coefficient (Wildman–Crippen LogP) is 0.929. The molecule has 1 radical (unpaired) electrons. The van der Waals surface area contributed by atoms with E-state index in [4.69, 9.17) is 5.11 Å². The third kappa shape index (κ3) is 3.25. The first kappa shape index (κ1) is 12.8. The summed E-state index contributed by atoms with van der Waals surface area (Å²) in [6, 6.07) is 5.98. The van der Waals surface area contributed by atoms with E-state index >= 15 is 0 Å². The van der Waals surface area contributed by atoms with Crippen molar-refractivity contribution in [1.82, 2.24) is 0 Å². The Hall–Kier alpha value is -1.24. The van der Waals surface area contributed by atoms with Gasteiger partial charge in [0.05, 0.1) is 0 Å². The van der Waals surface area contributed by atoms with Gasteiger partial charge in [-0.3, -0.25) is 4.79 Å². The first-order chi connectivity index (χ1) is 6.11. The number of carbonyl (C=O) groups is 2. The second kappa shape index (κ2) is 5.48. The van der Waals surface area contributed by atoms with Crippen LogP contribution in [0.5, 0.6) is 5.75 Å². The zero-order chi connectivity index (χ0) is 9.84. The molecule has 0 aliphatic rings. The minimum Gasteiger partial charge on any atom is -0.478 e. The molecule has 0 spiro atoms. The molecule has 0 saturated heterocycles. The van der Waals surface area contributed by atoms with Gasteiger partial charge in [0.25, 0.3) is 0 Å². The number of hydrogen-bond donors (Lipinski definition) is 1. The van der Waals surface area contributed by atoms with E-state index in [2.05, 4.69) is 4.74 Å². The topological polar surface area (TPSA) is 63.6 Å². The number of para-hydroxylation sites is 1. The molecule has 0 saturated carbocycles. The monoisotopic (exact) mass is 187 g/mol. The van der Waals surface area contributed by atoms with Crippen molar-refractivity contribution in [3.8, 4) is 5.75 Å². The smallest absolute Gasteiger partial charge is 0.339 e. The number of carboxylic acid groups (broad SMARTS) is 1. The van der Waals surface area contributed by atoms with Crippen LogP contribution >= 0.6 is 0 Å². The minimum absolute atomic E-state index is 0. The number of ether oxygens (including phenoxy) is 1. The summed E-state index contributed by atoms with van der Waals surface area (Å²) in [6.07, 6.45) is 0. The van der Waals surface area contributed by atoms with Crippen molar-refractivity contribution in [1.29, 1.82) is 0 Å². The van der Waals surface area contributed by atoms with Crippen LogP contribution in [0.15, 0.2) is 24.3 Å². The number of benzene rings is 1. The molecule has 0 amide bonds. The molecule has 69 valence electrons. The van der Waals surface area contributed by atoms with Crippen molar-refractivity contribution in [2.24, 2.45) is 0 Å². The second-order valence-electron chi connectivity index (χ2n) is 2.39. The van der Waals surface area contributed by atoms with E-state index in [0.29, 0.717) is 0 Å². The van der Waals surface area contributed by atoms with Gasteiger partial charge in [-0.05, 0) is 12.1 Å². The van der Waals surface area contributed by atoms with Crippen LogP contribution in [-0.4, -0.2) is 35.9 Å². The van der Waals surface area contributed by atoms with Crippen LogP contribution in [0.1, 0.15) is 17.3 Å². The summed E-state index contributed by atoms with van der Waals surface area (Å²) in [7, 11) is 0. The normalized spacial score (nSPS) is 8.64. The number of rotatable bonds is 2.